The highest BCUT2D eigenvalue weighted by Gasteiger charge is 2.17. The van der Waals surface area contributed by atoms with Crippen LogP contribution in [0.25, 0.3) is 5.69 Å². The summed E-state index contributed by atoms with van der Waals surface area (Å²) in [7, 11) is 8.97. The maximum Gasteiger partial charge on any atom is 0.253 e. The average Bonchev–Trinajstić information content (AvgIpc) is 2.71. The number of hydrogen-bond donors (Lipinski definition) is 0. The van der Waals surface area contributed by atoms with Gasteiger partial charge in [0.1, 0.15) is 37.7 Å². The van der Waals surface area contributed by atoms with Gasteiger partial charge in [-0.3, -0.25) is 14.2 Å². The van der Waals surface area contributed by atoms with Crippen LogP contribution in [0.5, 0.6) is 5.75 Å². The Morgan fingerprint density at radius 3 is 2.39 bits per heavy atom. The van der Waals surface area contributed by atoms with E-state index in [0.29, 0.717) is 5.69 Å². The van der Waals surface area contributed by atoms with Gasteiger partial charge in [-0.15, -0.1) is 0 Å². The van der Waals surface area contributed by atoms with Gasteiger partial charge in [0.25, 0.3) is 11.5 Å². The number of benzene rings is 2. The molecule has 5 nitrogen and oxygen atoms in total. The van der Waals surface area contributed by atoms with Crippen LogP contribution >= 0.6 is 0 Å². The highest BCUT2D eigenvalue weighted by Crippen LogP contribution is 2.19. The van der Waals surface area contributed by atoms with E-state index in [1.807, 2.05) is 0 Å². The third-order valence-corrected chi connectivity index (χ3v) is 4.63. The van der Waals surface area contributed by atoms with Gasteiger partial charge in [-0.25, -0.2) is 13.2 Å². The van der Waals surface area contributed by atoms with Crippen molar-refractivity contribution in [1.29, 1.82) is 0 Å². The lowest BCUT2D eigenvalue weighted by molar-refractivity contribution is 0.0827. The van der Waals surface area contributed by atoms with Crippen molar-refractivity contribution in [3.05, 3.63) is 87.1 Å². The summed E-state index contributed by atoms with van der Waals surface area (Å²) in [5.41, 5.74) is -0.609. The molecule has 0 saturated heterocycles. The molecule has 2 radical (unpaired) electrons. The minimum Gasteiger partial charge on any atom is -0.489 e. The zero-order valence-corrected chi connectivity index (χ0v) is 17.1. The molecule has 2 aromatic carbocycles. The minimum absolute atomic E-state index is 0.0118. The second kappa shape index (κ2) is 8.71. The highest BCUT2D eigenvalue weighted by molar-refractivity contribution is 6.34. The normalized spacial score (nSPS) is 10.8. The Hall–Kier alpha value is -3.49. The largest absolute Gasteiger partial charge is 0.489 e. The van der Waals surface area contributed by atoms with Crippen molar-refractivity contribution in [1.82, 2.24) is 9.47 Å². The Bertz CT molecular complexity index is 1230. The second-order valence-electron chi connectivity index (χ2n) is 7.09. The molecule has 0 aliphatic heterocycles. The average molecular weight is 426 g/mol. The Labute approximate surface area is 178 Å². The van der Waals surface area contributed by atoms with Crippen molar-refractivity contribution in [3.63, 3.8) is 0 Å². The second-order valence-corrected chi connectivity index (χ2v) is 7.09. The molecule has 3 aromatic rings. The number of ether oxygens (including phenoxy) is 1. The van der Waals surface area contributed by atoms with Crippen LogP contribution in [0.1, 0.15) is 21.6 Å². The number of halogens is 3. The maximum absolute atomic E-state index is 14.7. The molecule has 0 atom stereocenters. The van der Waals surface area contributed by atoms with Gasteiger partial charge in [0.05, 0.1) is 5.69 Å². The van der Waals surface area contributed by atoms with Gasteiger partial charge in [0.15, 0.2) is 0 Å². The Balaban J connectivity index is 1.95. The van der Waals surface area contributed by atoms with Gasteiger partial charge in [-0.05, 0) is 43.3 Å². The van der Waals surface area contributed by atoms with E-state index < -0.39 is 23.0 Å². The number of aromatic nitrogens is 1. The monoisotopic (exact) mass is 426 g/mol. The van der Waals surface area contributed by atoms with Crippen LogP contribution in [0.4, 0.5) is 13.2 Å². The van der Waals surface area contributed by atoms with Crippen molar-refractivity contribution >= 4 is 19.2 Å². The third kappa shape index (κ3) is 4.50. The van der Waals surface area contributed by atoms with Gasteiger partial charge in [-0.1, -0.05) is 0 Å². The van der Waals surface area contributed by atoms with Crippen molar-refractivity contribution in [2.45, 2.75) is 13.5 Å². The lowest BCUT2D eigenvalue weighted by Crippen LogP contribution is -2.36. The Morgan fingerprint density at radius 2 is 1.77 bits per heavy atom. The first-order chi connectivity index (χ1) is 14.6. The molecule has 0 aliphatic carbocycles. The molecule has 0 fully saturated rings. The molecular weight excluding hydrogens is 408 g/mol. The van der Waals surface area contributed by atoms with E-state index in [9.17, 15) is 22.8 Å². The minimum atomic E-state index is -0.793. The molecule has 1 aromatic heterocycles. The standard InChI is InChI=1S/C22H18BF3N2O3/c1-12-8-19(31-11-14-4-6-15(24)10-16(14)25)20(23)22(30)28(12)18-7-5-13(9-17(18)26)21(29)27(2)3/h4-10H,11H2,1-3H3. The number of rotatable bonds is 5. The maximum atomic E-state index is 14.7. The lowest BCUT2D eigenvalue weighted by atomic mass is 9.96. The van der Waals surface area contributed by atoms with E-state index in [4.69, 9.17) is 12.6 Å². The molecule has 0 saturated carbocycles. The molecule has 31 heavy (non-hydrogen) atoms. The van der Waals surface area contributed by atoms with Crippen molar-refractivity contribution in [2.24, 2.45) is 0 Å². The fourth-order valence-electron chi connectivity index (χ4n) is 3.01. The predicted octanol–water partition coefficient (Wildman–Crippen LogP) is 2.64. The highest BCUT2D eigenvalue weighted by atomic mass is 19.1. The first-order valence-corrected chi connectivity index (χ1v) is 9.20. The third-order valence-electron chi connectivity index (χ3n) is 4.63. The number of carbonyl (C=O) groups is 1. The van der Waals surface area contributed by atoms with Crippen molar-refractivity contribution in [3.8, 4) is 11.4 Å². The number of aryl methyl sites for hydroxylation is 1. The van der Waals surface area contributed by atoms with Crippen LogP contribution < -0.4 is 15.8 Å². The van der Waals surface area contributed by atoms with Gasteiger partial charge < -0.3 is 9.64 Å². The zero-order chi connectivity index (χ0) is 22.9. The predicted molar refractivity (Wildman–Crippen MR) is 111 cm³/mol. The lowest BCUT2D eigenvalue weighted by Gasteiger charge is -2.17. The van der Waals surface area contributed by atoms with E-state index in [1.54, 1.807) is 21.0 Å². The van der Waals surface area contributed by atoms with Crippen molar-refractivity contribution in [2.75, 3.05) is 14.1 Å². The van der Waals surface area contributed by atoms with Gasteiger partial charge in [-0.2, -0.15) is 0 Å². The molecule has 1 heterocycles. The summed E-state index contributed by atoms with van der Waals surface area (Å²) in [6.45, 7) is 1.26. The van der Waals surface area contributed by atoms with Gasteiger partial charge in [0.2, 0.25) is 0 Å². The van der Waals surface area contributed by atoms with Crippen molar-refractivity contribution < 1.29 is 22.7 Å². The van der Waals surface area contributed by atoms with Crippen LogP contribution in [0, 0.1) is 24.4 Å². The summed E-state index contributed by atoms with van der Waals surface area (Å²) in [6, 6.07) is 8.21. The molecule has 0 bridgehead atoms. The smallest absolute Gasteiger partial charge is 0.253 e. The number of carbonyl (C=O) groups excluding carboxylic acids is 1. The first kappa shape index (κ1) is 22.2. The van der Waals surface area contributed by atoms with E-state index in [1.165, 1.54) is 29.2 Å². The van der Waals surface area contributed by atoms with Crippen LogP contribution in [-0.4, -0.2) is 37.3 Å². The number of pyridine rings is 1. The Morgan fingerprint density at radius 1 is 1.06 bits per heavy atom. The van der Waals surface area contributed by atoms with E-state index >= 15 is 0 Å². The summed E-state index contributed by atoms with van der Waals surface area (Å²) in [6.07, 6.45) is 0. The van der Waals surface area contributed by atoms with Crippen LogP contribution in [0.2, 0.25) is 0 Å². The number of hydrogen-bond acceptors (Lipinski definition) is 3. The number of amides is 1. The molecule has 158 valence electrons. The van der Waals surface area contributed by atoms with E-state index in [0.717, 1.165) is 22.8 Å². The fraction of sp³-hybridized carbons (Fsp3) is 0.182. The molecule has 0 spiro atoms. The summed E-state index contributed by atoms with van der Waals surface area (Å²) in [5.74, 6) is -2.69. The molecule has 3 rings (SSSR count). The zero-order valence-electron chi connectivity index (χ0n) is 17.1. The Kier molecular flexibility index (Phi) is 6.24. The molecule has 9 heteroatoms. The molecule has 1 amide bonds. The summed E-state index contributed by atoms with van der Waals surface area (Å²) < 4.78 is 48.1. The van der Waals surface area contributed by atoms with E-state index in [-0.39, 0.29) is 40.5 Å². The molecule has 0 unspecified atom stereocenters. The summed E-state index contributed by atoms with van der Waals surface area (Å²) in [4.78, 5) is 26.1. The van der Waals surface area contributed by atoms with Gasteiger partial charge >= 0.3 is 0 Å². The van der Waals surface area contributed by atoms with E-state index in [2.05, 4.69) is 0 Å². The van der Waals surface area contributed by atoms with Crippen LogP contribution in [0.15, 0.2) is 47.3 Å². The molecule has 0 N–H and O–H groups in total. The SMILES string of the molecule is [B]c1c(OCc2ccc(F)cc2F)cc(C)n(-c2ccc(C(=O)N(C)C)cc2F)c1=O. The quantitative estimate of drug-likeness (QED) is 0.590. The fourth-order valence-corrected chi connectivity index (χ4v) is 3.01. The summed E-state index contributed by atoms with van der Waals surface area (Å²) in [5, 5.41) is 0. The molecular formula is C22H18BF3N2O3. The van der Waals surface area contributed by atoms with Gasteiger partial charge in [0, 0.05) is 42.4 Å². The first-order valence-electron chi connectivity index (χ1n) is 9.20. The number of nitrogens with zero attached hydrogens (tertiary/aromatic N) is 2. The summed E-state index contributed by atoms with van der Waals surface area (Å²) >= 11 is 0. The van der Waals surface area contributed by atoms with Crippen LogP contribution in [0.3, 0.4) is 0 Å². The molecule has 0 aliphatic rings. The topological polar surface area (TPSA) is 51.5 Å². The van der Waals surface area contributed by atoms with Crippen LogP contribution in [-0.2, 0) is 6.61 Å².